The normalized spacial score (nSPS) is 17.5. The molecular weight excluding hydrogens is 268 g/mol. The highest BCUT2D eigenvalue weighted by molar-refractivity contribution is 5.82. The molecule has 2 rings (SSSR count). The van der Waals surface area contributed by atoms with Crippen LogP contribution < -0.4 is 4.74 Å². The van der Waals surface area contributed by atoms with Crippen molar-refractivity contribution in [3.8, 4) is 11.8 Å². The number of carbonyl (C=O) groups excluding carboxylic acids is 1. The maximum atomic E-state index is 12.4. The second-order valence-corrected chi connectivity index (χ2v) is 5.53. The van der Waals surface area contributed by atoms with Crippen LogP contribution in [0.2, 0.25) is 0 Å². The summed E-state index contributed by atoms with van der Waals surface area (Å²) in [7, 11) is 0. The number of hydrogen-bond acceptors (Lipinski definition) is 4. The predicted molar refractivity (Wildman–Crippen MR) is 77.6 cm³/mol. The van der Waals surface area contributed by atoms with E-state index in [0.29, 0.717) is 12.2 Å². The molecule has 1 heterocycles. The molecule has 0 radical (unpaired) electrons. The molecule has 1 N–H and O–H groups in total. The molecule has 1 atom stereocenters. The summed E-state index contributed by atoms with van der Waals surface area (Å²) in [5, 5.41) is 18.6. The minimum atomic E-state index is -1.05. The van der Waals surface area contributed by atoms with Gasteiger partial charge in [-0.1, -0.05) is 25.1 Å². The van der Waals surface area contributed by atoms with Crippen molar-refractivity contribution in [3.05, 3.63) is 29.8 Å². The number of aryl methyl sites for hydroxylation is 1. The zero-order valence-corrected chi connectivity index (χ0v) is 12.4. The van der Waals surface area contributed by atoms with Crippen LogP contribution in [0.4, 0.5) is 0 Å². The molecule has 0 aromatic heterocycles. The minimum absolute atomic E-state index is 0.0478. The summed E-state index contributed by atoms with van der Waals surface area (Å²) in [6.07, 6.45) is 0.0461. The Morgan fingerprint density at radius 1 is 1.52 bits per heavy atom. The zero-order chi connectivity index (χ0) is 15.5. The number of amides is 1. The third-order valence-corrected chi connectivity index (χ3v) is 3.70. The van der Waals surface area contributed by atoms with Crippen molar-refractivity contribution in [2.45, 2.75) is 38.4 Å². The fraction of sp³-hybridized carbons (Fsp3) is 0.500. The average molecular weight is 288 g/mol. The minimum Gasteiger partial charge on any atom is -0.480 e. The first-order chi connectivity index (χ1) is 9.99. The molecule has 1 saturated heterocycles. The zero-order valence-electron chi connectivity index (χ0n) is 12.4. The predicted octanol–water partition coefficient (Wildman–Crippen LogP) is 1.64. The van der Waals surface area contributed by atoms with E-state index < -0.39 is 11.7 Å². The van der Waals surface area contributed by atoms with E-state index in [4.69, 9.17) is 10.00 Å². The lowest BCUT2D eigenvalue weighted by atomic mass is 9.90. The van der Waals surface area contributed by atoms with Gasteiger partial charge in [0.15, 0.2) is 6.10 Å². The maximum Gasteiger partial charge on any atom is 0.263 e. The molecule has 0 saturated carbocycles. The molecule has 112 valence electrons. The first-order valence-corrected chi connectivity index (χ1v) is 7.09. The fourth-order valence-electron chi connectivity index (χ4n) is 2.43. The topological polar surface area (TPSA) is 73.6 Å². The molecule has 5 nitrogen and oxygen atoms in total. The Kier molecular flexibility index (Phi) is 4.49. The van der Waals surface area contributed by atoms with Crippen molar-refractivity contribution < 1.29 is 14.6 Å². The van der Waals surface area contributed by atoms with Crippen molar-refractivity contribution in [2.24, 2.45) is 0 Å². The van der Waals surface area contributed by atoms with Crippen LogP contribution in [0.1, 0.15) is 25.3 Å². The second-order valence-electron chi connectivity index (χ2n) is 5.53. The van der Waals surface area contributed by atoms with Gasteiger partial charge in [-0.2, -0.15) is 5.26 Å². The third-order valence-electron chi connectivity index (χ3n) is 3.70. The van der Waals surface area contributed by atoms with Crippen molar-refractivity contribution in [2.75, 3.05) is 13.1 Å². The largest absolute Gasteiger partial charge is 0.480 e. The van der Waals surface area contributed by atoms with Gasteiger partial charge < -0.3 is 14.7 Å². The van der Waals surface area contributed by atoms with Gasteiger partial charge in [0, 0.05) is 0 Å². The molecule has 0 bridgehead atoms. The molecule has 1 fully saturated rings. The Balaban J connectivity index is 1.98. The number of hydrogen-bond donors (Lipinski definition) is 1. The molecule has 0 spiro atoms. The highest BCUT2D eigenvalue weighted by Crippen LogP contribution is 2.26. The van der Waals surface area contributed by atoms with Crippen molar-refractivity contribution in [1.29, 1.82) is 5.26 Å². The second kappa shape index (κ2) is 6.15. The SMILES string of the molecule is CC[C@@H](Oc1ccccc1C)C(=O)N1CC(O)(CC#N)C1. The summed E-state index contributed by atoms with van der Waals surface area (Å²) < 4.78 is 5.80. The van der Waals surface area contributed by atoms with Gasteiger partial charge in [-0.25, -0.2) is 0 Å². The lowest BCUT2D eigenvalue weighted by Crippen LogP contribution is -2.65. The number of nitriles is 1. The van der Waals surface area contributed by atoms with Crippen LogP contribution >= 0.6 is 0 Å². The van der Waals surface area contributed by atoms with E-state index in [-0.39, 0.29) is 25.4 Å². The van der Waals surface area contributed by atoms with Crippen LogP contribution in [0.5, 0.6) is 5.75 Å². The lowest BCUT2D eigenvalue weighted by molar-refractivity contribution is -0.161. The number of aliphatic hydroxyl groups is 1. The highest BCUT2D eigenvalue weighted by Gasteiger charge is 2.45. The number of rotatable bonds is 5. The Hall–Kier alpha value is -2.06. The van der Waals surface area contributed by atoms with Crippen LogP contribution in [0.15, 0.2) is 24.3 Å². The number of para-hydroxylation sites is 1. The summed E-state index contributed by atoms with van der Waals surface area (Å²) in [4.78, 5) is 13.9. The summed E-state index contributed by atoms with van der Waals surface area (Å²) in [5.41, 5.74) is -0.0703. The summed E-state index contributed by atoms with van der Waals surface area (Å²) in [6.45, 7) is 4.23. The van der Waals surface area contributed by atoms with Crippen molar-refractivity contribution in [3.63, 3.8) is 0 Å². The monoisotopic (exact) mass is 288 g/mol. The van der Waals surface area contributed by atoms with Crippen LogP contribution in [0, 0.1) is 18.3 Å². The Morgan fingerprint density at radius 3 is 2.76 bits per heavy atom. The van der Waals surface area contributed by atoms with Gasteiger partial charge >= 0.3 is 0 Å². The molecule has 5 heteroatoms. The number of carbonyl (C=O) groups is 1. The van der Waals surface area contributed by atoms with Gasteiger partial charge in [-0.05, 0) is 25.0 Å². The molecule has 1 aliphatic heterocycles. The van der Waals surface area contributed by atoms with E-state index in [2.05, 4.69) is 0 Å². The van der Waals surface area contributed by atoms with Crippen LogP contribution in [0.25, 0.3) is 0 Å². The van der Waals surface area contributed by atoms with E-state index in [1.165, 1.54) is 0 Å². The van der Waals surface area contributed by atoms with Crippen LogP contribution in [-0.4, -0.2) is 40.7 Å². The average Bonchev–Trinajstić information content (AvgIpc) is 2.43. The van der Waals surface area contributed by atoms with Gasteiger partial charge in [0.1, 0.15) is 11.4 Å². The molecule has 1 amide bonds. The molecular formula is C16H20N2O3. The van der Waals surface area contributed by atoms with E-state index >= 15 is 0 Å². The summed E-state index contributed by atoms with van der Waals surface area (Å²) in [6, 6.07) is 9.50. The van der Waals surface area contributed by atoms with Crippen molar-refractivity contribution in [1.82, 2.24) is 4.90 Å². The number of benzene rings is 1. The fourth-order valence-corrected chi connectivity index (χ4v) is 2.43. The molecule has 1 aliphatic rings. The standard InChI is InChI=1S/C16H20N2O3/c1-3-13(21-14-7-5-4-6-12(14)2)15(19)18-10-16(20,11-18)8-9-17/h4-7,13,20H,3,8,10-11H2,1-2H3/t13-/m1/s1. The summed E-state index contributed by atoms with van der Waals surface area (Å²) >= 11 is 0. The molecule has 1 aromatic rings. The molecule has 1 aromatic carbocycles. The van der Waals surface area contributed by atoms with E-state index in [9.17, 15) is 9.90 Å². The lowest BCUT2D eigenvalue weighted by Gasteiger charge is -2.46. The van der Waals surface area contributed by atoms with E-state index in [1.54, 1.807) is 4.90 Å². The Labute approximate surface area is 124 Å². The van der Waals surface area contributed by atoms with Gasteiger partial charge in [0.05, 0.1) is 25.6 Å². The van der Waals surface area contributed by atoms with E-state index in [0.717, 1.165) is 5.56 Å². The summed E-state index contributed by atoms with van der Waals surface area (Å²) in [5.74, 6) is 0.564. The number of ether oxygens (including phenoxy) is 1. The maximum absolute atomic E-state index is 12.4. The quantitative estimate of drug-likeness (QED) is 0.894. The first kappa shape index (κ1) is 15.3. The third kappa shape index (κ3) is 3.34. The Morgan fingerprint density at radius 2 is 2.19 bits per heavy atom. The number of β-amino-alcohol motifs (C(OH)–C–C–N with tert-alkyl or cyclic N) is 1. The van der Waals surface area contributed by atoms with Gasteiger partial charge in [0.25, 0.3) is 5.91 Å². The highest BCUT2D eigenvalue weighted by atomic mass is 16.5. The van der Waals surface area contributed by atoms with Crippen LogP contribution in [-0.2, 0) is 4.79 Å². The molecule has 0 unspecified atom stereocenters. The smallest absolute Gasteiger partial charge is 0.263 e. The van der Waals surface area contributed by atoms with Gasteiger partial charge in [-0.3, -0.25) is 4.79 Å². The number of likely N-dealkylation sites (tertiary alicyclic amines) is 1. The van der Waals surface area contributed by atoms with Crippen LogP contribution in [0.3, 0.4) is 0 Å². The number of nitrogens with zero attached hydrogens (tertiary/aromatic N) is 2. The molecule has 0 aliphatic carbocycles. The van der Waals surface area contributed by atoms with Crippen molar-refractivity contribution >= 4 is 5.91 Å². The van der Waals surface area contributed by atoms with Gasteiger partial charge in [-0.15, -0.1) is 0 Å². The van der Waals surface area contributed by atoms with Gasteiger partial charge in [0.2, 0.25) is 0 Å². The Bertz CT molecular complexity index is 559. The first-order valence-electron chi connectivity index (χ1n) is 7.09. The molecule has 21 heavy (non-hydrogen) atoms. The van der Waals surface area contributed by atoms with E-state index in [1.807, 2.05) is 44.2 Å².